The summed E-state index contributed by atoms with van der Waals surface area (Å²) in [5.74, 6) is 2.13. The fourth-order valence-corrected chi connectivity index (χ4v) is 3.91. The second kappa shape index (κ2) is 9.07. The lowest BCUT2D eigenvalue weighted by atomic mass is 10.2. The van der Waals surface area contributed by atoms with E-state index in [0.717, 1.165) is 43.1 Å². The van der Waals surface area contributed by atoms with Crippen LogP contribution in [-0.2, 0) is 13.0 Å². The second-order valence-electron chi connectivity index (χ2n) is 7.96. The number of rotatable bonds is 8. The van der Waals surface area contributed by atoms with E-state index in [9.17, 15) is 4.79 Å². The summed E-state index contributed by atoms with van der Waals surface area (Å²) in [6.07, 6.45) is 10.2. The molecule has 3 heterocycles. The minimum atomic E-state index is -0.100. The van der Waals surface area contributed by atoms with Gasteiger partial charge in [0, 0.05) is 43.8 Å². The van der Waals surface area contributed by atoms with Gasteiger partial charge in [-0.1, -0.05) is 19.9 Å². The molecule has 30 heavy (non-hydrogen) atoms. The fourth-order valence-electron chi connectivity index (χ4n) is 3.91. The van der Waals surface area contributed by atoms with Crippen molar-refractivity contribution in [3.05, 3.63) is 71.7 Å². The quantitative estimate of drug-likeness (QED) is 0.559. The number of carbonyl (C=O) groups excluding carboxylic acids is 1. The normalized spacial score (nSPS) is 15.2. The number of nitrogens with one attached hydrogen (secondary N) is 2. The molecule has 3 aromatic heterocycles. The van der Waals surface area contributed by atoms with Gasteiger partial charge in [0.25, 0.3) is 5.91 Å². The van der Waals surface area contributed by atoms with E-state index in [0.29, 0.717) is 18.0 Å². The summed E-state index contributed by atoms with van der Waals surface area (Å²) in [6.45, 7) is 5.72. The third-order valence-corrected chi connectivity index (χ3v) is 5.43. The van der Waals surface area contributed by atoms with Crippen LogP contribution in [-0.4, -0.2) is 32.0 Å². The SMILES string of the molecule is CC(C)c1nccn1CCCNC(=O)c1ccc(N[C@H]2CCc3cccnc32)nc1. The first-order chi connectivity index (χ1) is 14.6. The van der Waals surface area contributed by atoms with Crippen LogP contribution in [0.5, 0.6) is 0 Å². The first-order valence-corrected chi connectivity index (χ1v) is 10.6. The molecule has 0 radical (unpaired) electrons. The first kappa shape index (κ1) is 20.1. The summed E-state index contributed by atoms with van der Waals surface area (Å²) in [4.78, 5) is 25.7. The van der Waals surface area contributed by atoms with Crippen molar-refractivity contribution in [2.45, 2.75) is 51.6 Å². The predicted molar refractivity (Wildman–Crippen MR) is 116 cm³/mol. The number of imidazole rings is 1. The molecule has 3 aromatic rings. The van der Waals surface area contributed by atoms with Crippen molar-refractivity contribution in [1.82, 2.24) is 24.8 Å². The van der Waals surface area contributed by atoms with Gasteiger partial charge in [0.1, 0.15) is 11.6 Å². The van der Waals surface area contributed by atoms with Crippen LogP contribution in [0.25, 0.3) is 0 Å². The van der Waals surface area contributed by atoms with Crippen LogP contribution in [0.1, 0.15) is 66.1 Å². The standard InChI is InChI=1S/C23H28N6O/c1-16(2)22-25-12-14-29(22)13-4-11-26-23(30)18-7-9-20(27-15-18)28-19-8-6-17-5-3-10-24-21(17)19/h3,5,7,9-10,12,14-16,19H,4,6,8,11,13H2,1-2H3,(H,26,30)(H,27,28)/t19-/m0/s1. The highest BCUT2D eigenvalue weighted by Crippen LogP contribution is 2.31. The molecule has 1 aliphatic rings. The van der Waals surface area contributed by atoms with Crippen molar-refractivity contribution in [1.29, 1.82) is 0 Å². The van der Waals surface area contributed by atoms with Gasteiger partial charge in [-0.05, 0) is 43.0 Å². The molecular weight excluding hydrogens is 376 g/mol. The molecule has 156 valence electrons. The number of aromatic nitrogens is 4. The Balaban J connectivity index is 1.26. The molecule has 0 aromatic carbocycles. The van der Waals surface area contributed by atoms with Gasteiger partial charge in [-0.15, -0.1) is 0 Å². The molecule has 2 N–H and O–H groups in total. The van der Waals surface area contributed by atoms with Crippen LogP contribution >= 0.6 is 0 Å². The zero-order chi connectivity index (χ0) is 20.9. The van der Waals surface area contributed by atoms with Crippen LogP contribution in [0, 0.1) is 0 Å². The van der Waals surface area contributed by atoms with Gasteiger partial charge in [-0.2, -0.15) is 0 Å². The average molecular weight is 405 g/mol. The Bertz CT molecular complexity index is 995. The van der Waals surface area contributed by atoms with Crippen LogP contribution in [0.3, 0.4) is 0 Å². The van der Waals surface area contributed by atoms with Crippen LogP contribution in [0.15, 0.2) is 49.1 Å². The number of nitrogens with zero attached hydrogens (tertiary/aromatic N) is 4. The summed E-state index contributed by atoms with van der Waals surface area (Å²) < 4.78 is 2.15. The zero-order valence-electron chi connectivity index (χ0n) is 17.5. The maximum Gasteiger partial charge on any atom is 0.252 e. The van der Waals surface area contributed by atoms with Crippen LogP contribution < -0.4 is 10.6 Å². The van der Waals surface area contributed by atoms with Crippen molar-refractivity contribution >= 4 is 11.7 Å². The maximum atomic E-state index is 12.4. The van der Waals surface area contributed by atoms with Gasteiger partial charge in [0.05, 0.1) is 17.3 Å². The Morgan fingerprint density at radius 1 is 1.20 bits per heavy atom. The highest BCUT2D eigenvalue weighted by atomic mass is 16.1. The molecule has 0 saturated heterocycles. The highest BCUT2D eigenvalue weighted by Gasteiger charge is 2.23. The molecule has 1 amide bonds. The summed E-state index contributed by atoms with van der Waals surface area (Å²) in [6, 6.07) is 7.95. The van der Waals surface area contributed by atoms with E-state index in [2.05, 4.69) is 50.1 Å². The zero-order valence-corrected chi connectivity index (χ0v) is 17.5. The van der Waals surface area contributed by atoms with Crippen molar-refractivity contribution in [2.75, 3.05) is 11.9 Å². The van der Waals surface area contributed by atoms with E-state index >= 15 is 0 Å². The Kier molecular flexibility index (Phi) is 6.07. The van der Waals surface area contributed by atoms with Crippen molar-refractivity contribution in [3.8, 4) is 0 Å². The van der Waals surface area contributed by atoms with Gasteiger partial charge in [0.15, 0.2) is 0 Å². The number of anilines is 1. The third-order valence-electron chi connectivity index (χ3n) is 5.43. The largest absolute Gasteiger partial charge is 0.362 e. The Labute approximate surface area is 177 Å². The number of pyridine rings is 2. The summed E-state index contributed by atoms with van der Waals surface area (Å²) >= 11 is 0. The summed E-state index contributed by atoms with van der Waals surface area (Å²) in [5.41, 5.74) is 2.96. The molecule has 7 heteroatoms. The van der Waals surface area contributed by atoms with Gasteiger partial charge in [-0.3, -0.25) is 9.78 Å². The van der Waals surface area contributed by atoms with Crippen molar-refractivity contribution < 1.29 is 4.79 Å². The molecule has 0 spiro atoms. The number of aryl methyl sites for hydroxylation is 2. The number of carbonyl (C=O) groups is 1. The van der Waals surface area contributed by atoms with Gasteiger partial charge in [0.2, 0.25) is 0 Å². The highest BCUT2D eigenvalue weighted by molar-refractivity contribution is 5.94. The molecule has 1 aliphatic carbocycles. The third kappa shape index (κ3) is 4.50. The molecular formula is C23H28N6O. The monoisotopic (exact) mass is 404 g/mol. The lowest BCUT2D eigenvalue weighted by Crippen LogP contribution is -2.25. The molecule has 0 aliphatic heterocycles. The first-order valence-electron chi connectivity index (χ1n) is 10.6. The number of hydrogen-bond acceptors (Lipinski definition) is 5. The number of amides is 1. The predicted octanol–water partition coefficient (Wildman–Crippen LogP) is 3.72. The Morgan fingerprint density at radius 3 is 2.90 bits per heavy atom. The lowest BCUT2D eigenvalue weighted by Gasteiger charge is -2.14. The smallest absolute Gasteiger partial charge is 0.252 e. The molecule has 7 nitrogen and oxygen atoms in total. The molecule has 0 unspecified atom stereocenters. The Morgan fingerprint density at radius 2 is 2.10 bits per heavy atom. The average Bonchev–Trinajstić information content (AvgIpc) is 3.39. The van der Waals surface area contributed by atoms with Gasteiger partial charge < -0.3 is 15.2 Å². The van der Waals surface area contributed by atoms with Crippen LogP contribution in [0.4, 0.5) is 5.82 Å². The van der Waals surface area contributed by atoms with E-state index in [1.165, 1.54) is 5.56 Å². The minimum Gasteiger partial charge on any atom is -0.362 e. The van der Waals surface area contributed by atoms with E-state index in [-0.39, 0.29) is 11.9 Å². The second-order valence-corrected chi connectivity index (χ2v) is 7.96. The maximum absolute atomic E-state index is 12.4. The fraction of sp³-hybridized carbons (Fsp3) is 0.391. The van der Waals surface area contributed by atoms with E-state index in [1.807, 2.05) is 36.8 Å². The number of hydrogen-bond donors (Lipinski definition) is 2. The van der Waals surface area contributed by atoms with E-state index < -0.39 is 0 Å². The van der Waals surface area contributed by atoms with E-state index in [4.69, 9.17) is 0 Å². The van der Waals surface area contributed by atoms with Crippen molar-refractivity contribution in [3.63, 3.8) is 0 Å². The van der Waals surface area contributed by atoms with Gasteiger partial charge in [-0.25, -0.2) is 9.97 Å². The van der Waals surface area contributed by atoms with Gasteiger partial charge >= 0.3 is 0 Å². The van der Waals surface area contributed by atoms with E-state index in [1.54, 1.807) is 6.20 Å². The Hall–Kier alpha value is -3.22. The summed E-state index contributed by atoms with van der Waals surface area (Å²) in [5, 5.41) is 6.40. The molecule has 0 bridgehead atoms. The molecule has 4 rings (SSSR count). The lowest BCUT2D eigenvalue weighted by molar-refractivity contribution is 0.0952. The van der Waals surface area contributed by atoms with Crippen molar-refractivity contribution in [2.24, 2.45) is 0 Å². The summed E-state index contributed by atoms with van der Waals surface area (Å²) in [7, 11) is 0. The molecule has 1 atom stereocenters. The topological polar surface area (TPSA) is 84.7 Å². The molecule has 0 fully saturated rings. The number of fused-ring (bicyclic) bond motifs is 1. The van der Waals surface area contributed by atoms with Crippen LogP contribution in [0.2, 0.25) is 0 Å². The molecule has 0 saturated carbocycles. The minimum absolute atomic E-state index is 0.100.